The first-order valence-corrected chi connectivity index (χ1v) is 12.3. The number of nitrogens with one attached hydrogen (secondary N) is 1. The highest BCUT2D eigenvalue weighted by Crippen LogP contribution is 2.43. The number of ether oxygens (including phenoxy) is 1. The van der Waals surface area contributed by atoms with Crippen molar-refractivity contribution in [1.82, 2.24) is 4.90 Å². The van der Waals surface area contributed by atoms with Gasteiger partial charge in [0.2, 0.25) is 0 Å². The highest BCUT2D eigenvalue weighted by molar-refractivity contribution is 6.15. The minimum absolute atomic E-state index is 0.0605. The average molecular weight is 487 g/mol. The monoisotopic (exact) mass is 486 g/mol. The predicted octanol–water partition coefficient (Wildman–Crippen LogP) is 5.02. The third-order valence-electron chi connectivity index (χ3n) is 6.69. The first-order valence-electron chi connectivity index (χ1n) is 12.3. The van der Waals surface area contributed by atoms with Gasteiger partial charge in [-0.25, -0.2) is 0 Å². The number of carbonyl (C=O) groups excluding carboxylic acids is 2. The summed E-state index contributed by atoms with van der Waals surface area (Å²) in [4.78, 5) is 30.3. The molecule has 0 amide bonds. The molecule has 7 heteroatoms. The Labute approximate surface area is 213 Å². The molecule has 0 aliphatic carbocycles. The molecule has 7 nitrogen and oxygen atoms in total. The maximum Gasteiger partial charge on any atom is 0.317 e. The van der Waals surface area contributed by atoms with E-state index in [2.05, 4.69) is 24.8 Å². The average Bonchev–Trinajstić information content (AvgIpc) is 2.87. The Bertz CT molecular complexity index is 1210. The standard InChI is InChI=1S/C29H34N4O3/c1-6-32(7-2)18-22-10-9-11-24(16-22)33-19(4)25(20(5)34)26(23-14-12-21(17-30)13-15-23)27(28(33)31)29(35)36-8-3/h9-16,26-27,31H,6-8,18H2,1-5H3. The van der Waals surface area contributed by atoms with E-state index in [-0.39, 0.29) is 18.2 Å². The van der Waals surface area contributed by atoms with Gasteiger partial charge in [0.25, 0.3) is 0 Å². The van der Waals surface area contributed by atoms with Crippen molar-refractivity contribution in [3.63, 3.8) is 0 Å². The maximum atomic E-state index is 13.3. The van der Waals surface area contributed by atoms with Gasteiger partial charge >= 0.3 is 5.97 Å². The number of benzene rings is 2. The number of esters is 1. The van der Waals surface area contributed by atoms with Crippen LogP contribution in [0.15, 0.2) is 59.8 Å². The van der Waals surface area contributed by atoms with Gasteiger partial charge in [-0.1, -0.05) is 38.1 Å². The van der Waals surface area contributed by atoms with E-state index in [1.165, 1.54) is 6.92 Å². The van der Waals surface area contributed by atoms with Crippen LogP contribution in [0.3, 0.4) is 0 Å². The first kappa shape index (κ1) is 26.8. The van der Waals surface area contributed by atoms with Crippen LogP contribution in [0, 0.1) is 22.7 Å². The van der Waals surface area contributed by atoms with E-state index in [0.29, 0.717) is 22.4 Å². The van der Waals surface area contributed by atoms with Gasteiger partial charge in [0, 0.05) is 29.4 Å². The number of hydrogen-bond acceptors (Lipinski definition) is 6. The molecule has 2 atom stereocenters. The predicted molar refractivity (Wildman–Crippen MR) is 141 cm³/mol. The molecule has 0 bridgehead atoms. The van der Waals surface area contributed by atoms with Crippen LogP contribution >= 0.6 is 0 Å². The zero-order valence-electron chi connectivity index (χ0n) is 21.7. The molecule has 0 fully saturated rings. The molecule has 0 saturated heterocycles. The number of Topliss-reactive ketones (excluding diaryl/α,β-unsaturated/α-hetero) is 1. The molecule has 2 aromatic rings. The fourth-order valence-electron chi connectivity index (χ4n) is 4.90. The number of rotatable bonds is 9. The second-order valence-corrected chi connectivity index (χ2v) is 8.85. The lowest BCUT2D eigenvalue weighted by atomic mass is 9.74. The van der Waals surface area contributed by atoms with Crippen LogP contribution in [0.25, 0.3) is 0 Å². The molecule has 0 spiro atoms. The van der Waals surface area contributed by atoms with Crippen LogP contribution in [0.2, 0.25) is 0 Å². The van der Waals surface area contributed by atoms with Gasteiger partial charge in [-0.2, -0.15) is 5.26 Å². The lowest BCUT2D eigenvalue weighted by Gasteiger charge is -2.41. The molecule has 0 aromatic heterocycles. The Kier molecular flexibility index (Phi) is 8.78. The molecule has 0 radical (unpaired) electrons. The number of amidine groups is 1. The Morgan fingerprint density at radius 2 is 1.78 bits per heavy atom. The molecule has 1 aliphatic heterocycles. The van der Waals surface area contributed by atoms with Crippen molar-refractivity contribution in [2.24, 2.45) is 5.92 Å². The Morgan fingerprint density at radius 1 is 1.11 bits per heavy atom. The summed E-state index contributed by atoms with van der Waals surface area (Å²) in [5.41, 5.74) is 4.06. The lowest BCUT2D eigenvalue weighted by molar-refractivity contribution is -0.146. The van der Waals surface area contributed by atoms with E-state index in [9.17, 15) is 20.3 Å². The highest BCUT2D eigenvalue weighted by Gasteiger charge is 2.46. The van der Waals surface area contributed by atoms with Crippen molar-refractivity contribution in [2.45, 2.75) is 47.1 Å². The van der Waals surface area contributed by atoms with Crippen molar-refractivity contribution in [2.75, 3.05) is 24.6 Å². The topological polar surface area (TPSA) is 97.5 Å². The molecule has 0 saturated carbocycles. The fraction of sp³-hybridized carbons (Fsp3) is 0.379. The number of ketones is 1. The molecule has 188 valence electrons. The number of anilines is 1. The number of nitriles is 1. The Balaban J connectivity index is 2.19. The number of hydrogen-bond donors (Lipinski definition) is 1. The van der Waals surface area contributed by atoms with Crippen molar-refractivity contribution in [1.29, 1.82) is 10.7 Å². The summed E-state index contributed by atoms with van der Waals surface area (Å²) in [6, 6.07) is 16.8. The molecule has 1 aliphatic rings. The largest absolute Gasteiger partial charge is 0.465 e. The van der Waals surface area contributed by atoms with Gasteiger partial charge in [0.1, 0.15) is 11.8 Å². The van der Waals surface area contributed by atoms with E-state index in [1.54, 1.807) is 36.1 Å². The van der Waals surface area contributed by atoms with Crippen molar-refractivity contribution < 1.29 is 14.3 Å². The summed E-state index contributed by atoms with van der Waals surface area (Å²) in [5.74, 6) is -2.35. The van der Waals surface area contributed by atoms with Crippen LogP contribution in [0.4, 0.5) is 5.69 Å². The number of nitrogens with zero attached hydrogens (tertiary/aromatic N) is 3. The van der Waals surface area contributed by atoms with Crippen molar-refractivity contribution in [3.8, 4) is 6.07 Å². The second-order valence-electron chi connectivity index (χ2n) is 8.85. The Hall–Kier alpha value is -3.76. The summed E-state index contributed by atoms with van der Waals surface area (Å²) < 4.78 is 5.40. The van der Waals surface area contributed by atoms with Crippen LogP contribution in [-0.2, 0) is 20.9 Å². The van der Waals surface area contributed by atoms with E-state index in [0.717, 1.165) is 30.9 Å². The van der Waals surface area contributed by atoms with Gasteiger partial charge in [-0.15, -0.1) is 0 Å². The van der Waals surface area contributed by atoms with Crippen molar-refractivity contribution >= 4 is 23.3 Å². The molecule has 36 heavy (non-hydrogen) atoms. The zero-order chi connectivity index (χ0) is 26.4. The fourth-order valence-corrected chi connectivity index (χ4v) is 4.90. The third-order valence-corrected chi connectivity index (χ3v) is 6.69. The molecular weight excluding hydrogens is 452 g/mol. The summed E-state index contributed by atoms with van der Waals surface area (Å²) in [6.45, 7) is 12.0. The number of allylic oxidation sites excluding steroid dienone is 2. The van der Waals surface area contributed by atoms with E-state index in [4.69, 9.17) is 4.74 Å². The van der Waals surface area contributed by atoms with E-state index >= 15 is 0 Å². The Morgan fingerprint density at radius 3 is 2.33 bits per heavy atom. The zero-order valence-corrected chi connectivity index (χ0v) is 21.7. The minimum atomic E-state index is -1.01. The molecule has 1 N–H and O–H groups in total. The smallest absolute Gasteiger partial charge is 0.317 e. The highest BCUT2D eigenvalue weighted by atomic mass is 16.5. The van der Waals surface area contributed by atoms with Gasteiger partial charge in [0.15, 0.2) is 5.78 Å². The van der Waals surface area contributed by atoms with Gasteiger partial charge in [-0.05, 0) is 69.3 Å². The van der Waals surface area contributed by atoms with Crippen LogP contribution in [-0.4, -0.2) is 42.2 Å². The molecule has 3 rings (SSSR count). The summed E-state index contributed by atoms with van der Waals surface area (Å²) >= 11 is 0. The molecule has 2 unspecified atom stereocenters. The summed E-state index contributed by atoms with van der Waals surface area (Å²) in [7, 11) is 0. The van der Waals surface area contributed by atoms with Gasteiger partial charge in [-0.3, -0.25) is 19.9 Å². The molecular formula is C29H34N4O3. The van der Waals surface area contributed by atoms with Gasteiger partial charge in [0.05, 0.1) is 18.2 Å². The molecule has 2 aromatic carbocycles. The first-order chi connectivity index (χ1) is 17.3. The summed E-state index contributed by atoms with van der Waals surface area (Å²) in [5, 5.41) is 18.4. The van der Waals surface area contributed by atoms with E-state index < -0.39 is 17.8 Å². The SMILES string of the molecule is CCOC(=O)C1C(=N)N(c2cccc(CN(CC)CC)c2)C(C)=C(C(C)=O)C1c1ccc(C#N)cc1. The summed E-state index contributed by atoms with van der Waals surface area (Å²) in [6.07, 6.45) is 0. The minimum Gasteiger partial charge on any atom is -0.465 e. The quantitative estimate of drug-likeness (QED) is 0.500. The molecule has 1 heterocycles. The van der Waals surface area contributed by atoms with Crippen LogP contribution in [0.5, 0.6) is 0 Å². The van der Waals surface area contributed by atoms with Gasteiger partial charge < -0.3 is 9.64 Å². The van der Waals surface area contributed by atoms with E-state index in [1.807, 2.05) is 31.2 Å². The van der Waals surface area contributed by atoms with Crippen LogP contribution in [0.1, 0.15) is 57.2 Å². The van der Waals surface area contributed by atoms with Crippen LogP contribution < -0.4 is 4.90 Å². The number of carbonyl (C=O) groups is 2. The lowest BCUT2D eigenvalue weighted by Crippen LogP contribution is -2.48. The third kappa shape index (κ3) is 5.39. The van der Waals surface area contributed by atoms with Crippen molar-refractivity contribution in [3.05, 3.63) is 76.5 Å². The normalized spacial score (nSPS) is 17.8. The second kappa shape index (κ2) is 11.8. The maximum absolute atomic E-state index is 13.3.